The molecule has 2 unspecified atom stereocenters. The lowest BCUT2D eigenvalue weighted by atomic mass is 9.70. The van der Waals surface area contributed by atoms with Gasteiger partial charge in [0.15, 0.2) is 13.2 Å². The average Bonchev–Trinajstić information content (AvgIpc) is 3.39. The second kappa shape index (κ2) is 14.5. The highest BCUT2D eigenvalue weighted by molar-refractivity contribution is 8.33. The van der Waals surface area contributed by atoms with Crippen molar-refractivity contribution in [1.82, 2.24) is 0 Å². The van der Waals surface area contributed by atoms with Crippen molar-refractivity contribution in [1.29, 1.82) is 0 Å². The maximum absolute atomic E-state index is 14.7. The number of rotatable bonds is 13. The summed E-state index contributed by atoms with van der Waals surface area (Å²) in [6, 6.07) is 22.5. The molecule has 0 amide bonds. The first-order chi connectivity index (χ1) is 24.2. The van der Waals surface area contributed by atoms with Gasteiger partial charge in [0.1, 0.15) is 28.5 Å². The molecule has 5 rings (SSSR count). The van der Waals surface area contributed by atoms with Crippen molar-refractivity contribution in [3.05, 3.63) is 78.9 Å². The Morgan fingerprint density at radius 1 is 0.731 bits per heavy atom. The summed E-state index contributed by atoms with van der Waals surface area (Å²) in [5.41, 5.74) is -3.01. The van der Waals surface area contributed by atoms with Crippen LogP contribution in [-0.4, -0.2) is 56.3 Å². The first-order valence-corrected chi connectivity index (χ1v) is 20.5. The van der Waals surface area contributed by atoms with Crippen LogP contribution in [0.25, 0.3) is 0 Å². The quantitative estimate of drug-likeness (QED) is 0.158. The highest BCUT2D eigenvalue weighted by Crippen LogP contribution is 2.71. The molecule has 52 heavy (non-hydrogen) atoms. The molecule has 2 fully saturated rings. The smallest absolute Gasteiger partial charge is 0.344 e. The number of Topliss-reactive ketones (excluding diaryl/α,β-unsaturated/α-hetero) is 1. The number of ether oxygens (including phenoxy) is 4. The number of benzene rings is 3. The lowest BCUT2D eigenvalue weighted by Crippen LogP contribution is -2.42. The van der Waals surface area contributed by atoms with Crippen LogP contribution in [0.4, 0.5) is 0 Å². The van der Waals surface area contributed by atoms with E-state index >= 15 is 0 Å². The molecule has 0 spiro atoms. The molecule has 3 aromatic rings. The number of fused-ring (bicyclic) bond motifs is 2. The SMILES string of the molecule is CC(C)(C)OC(=O)COc1cccc(S(OS(=O)(=O)CC23CCC(CC2=O)C3(C)C)(c2ccccc2)c2cccc(OCC(=O)OC(C)(C)C)c2)c1. The van der Waals surface area contributed by atoms with Crippen molar-refractivity contribution in [3.63, 3.8) is 0 Å². The van der Waals surface area contributed by atoms with E-state index in [4.69, 9.17) is 22.6 Å². The van der Waals surface area contributed by atoms with E-state index in [0.29, 0.717) is 39.0 Å². The van der Waals surface area contributed by atoms with Crippen molar-refractivity contribution in [3.8, 4) is 11.5 Å². The number of carbonyl (C=O) groups excluding carboxylic acids is 3. The number of carbonyl (C=O) groups is 3. The monoisotopic (exact) mass is 754 g/mol. The lowest BCUT2D eigenvalue weighted by Gasteiger charge is -2.41. The van der Waals surface area contributed by atoms with Crippen molar-refractivity contribution in [2.24, 2.45) is 16.7 Å². The predicted molar refractivity (Wildman–Crippen MR) is 198 cm³/mol. The highest BCUT2D eigenvalue weighted by Gasteiger charge is 2.66. The molecule has 2 aliphatic rings. The standard InChI is InChI=1S/C40H50O10S2/c1-37(2,3)48-35(42)25-46-29-14-12-18-32(23-29)52(31-16-10-9-11-17-31,33-19-13-15-30(24-33)47-26-36(43)49-38(4,5)6)50-51(44,45)27-40-21-20-28(22-34(40)41)39(40,7)8/h9-19,23-24,28H,20-22,25-27H2,1-8H3. The van der Waals surface area contributed by atoms with Gasteiger partial charge in [0, 0.05) is 21.1 Å². The molecule has 2 aliphatic carbocycles. The zero-order valence-corrected chi connectivity index (χ0v) is 32.9. The van der Waals surface area contributed by atoms with E-state index in [-0.39, 0.29) is 24.9 Å². The van der Waals surface area contributed by atoms with E-state index in [1.54, 1.807) is 114 Å². The van der Waals surface area contributed by atoms with Crippen LogP contribution in [0.2, 0.25) is 0 Å². The molecule has 2 atom stereocenters. The lowest BCUT2D eigenvalue weighted by molar-refractivity contribution is -0.158. The zero-order chi connectivity index (χ0) is 38.2. The van der Waals surface area contributed by atoms with Crippen LogP contribution in [-0.2, 0) is 37.6 Å². The van der Waals surface area contributed by atoms with Crippen LogP contribution >= 0.6 is 10.3 Å². The van der Waals surface area contributed by atoms with E-state index in [2.05, 4.69) is 0 Å². The fraction of sp³-hybridized carbons (Fsp3) is 0.475. The molecular formula is C40H50O10S2. The molecule has 2 saturated carbocycles. The third-order valence-corrected chi connectivity index (χ3v) is 14.9. The van der Waals surface area contributed by atoms with Crippen molar-refractivity contribution in [2.45, 2.75) is 101 Å². The Morgan fingerprint density at radius 3 is 1.63 bits per heavy atom. The zero-order valence-electron chi connectivity index (χ0n) is 31.2. The van der Waals surface area contributed by atoms with Crippen LogP contribution in [0, 0.1) is 16.7 Å². The Morgan fingerprint density at radius 2 is 1.21 bits per heavy atom. The van der Waals surface area contributed by atoms with E-state index < -0.39 is 60.2 Å². The molecule has 0 radical (unpaired) electrons. The van der Waals surface area contributed by atoms with Gasteiger partial charge in [-0.3, -0.25) is 4.79 Å². The normalized spacial score (nSPS) is 20.3. The van der Waals surface area contributed by atoms with Crippen LogP contribution in [0.1, 0.15) is 74.7 Å². The van der Waals surface area contributed by atoms with Gasteiger partial charge >= 0.3 is 11.9 Å². The maximum atomic E-state index is 14.7. The largest absolute Gasteiger partial charge is 0.482 e. The molecule has 12 heteroatoms. The van der Waals surface area contributed by atoms with Crippen LogP contribution in [0.3, 0.4) is 0 Å². The van der Waals surface area contributed by atoms with Gasteiger partial charge in [-0.05, 0) is 125 Å². The molecule has 0 aromatic heterocycles. The summed E-state index contributed by atoms with van der Waals surface area (Å²) < 4.78 is 58.6. The summed E-state index contributed by atoms with van der Waals surface area (Å²) in [5, 5.41) is 0. The molecule has 0 N–H and O–H groups in total. The molecule has 0 heterocycles. The van der Waals surface area contributed by atoms with E-state index in [1.807, 2.05) is 19.9 Å². The minimum Gasteiger partial charge on any atom is -0.482 e. The number of esters is 2. The first-order valence-electron chi connectivity index (χ1n) is 17.4. The Kier molecular flexibility index (Phi) is 11.0. The molecule has 282 valence electrons. The summed E-state index contributed by atoms with van der Waals surface area (Å²) >= 11 is 0. The highest BCUT2D eigenvalue weighted by atomic mass is 32.3. The van der Waals surface area contributed by atoms with Crippen molar-refractivity contribution < 1.29 is 45.4 Å². The van der Waals surface area contributed by atoms with Crippen LogP contribution < -0.4 is 9.47 Å². The number of ketones is 1. The summed E-state index contributed by atoms with van der Waals surface area (Å²) in [6.07, 6.45) is 1.61. The summed E-state index contributed by atoms with van der Waals surface area (Å²) in [4.78, 5) is 40.1. The molecule has 3 aromatic carbocycles. The molecule has 0 aliphatic heterocycles. The fourth-order valence-corrected chi connectivity index (χ4v) is 13.4. The van der Waals surface area contributed by atoms with Gasteiger partial charge in [-0.25, -0.2) is 13.2 Å². The molecular weight excluding hydrogens is 705 g/mol. The van der Waals surface area contributed by atoms with E-state index in [0.717, 1.165) is 6.42 Å². The van der Waals surface area contributed by atoms with E-state index in [9.17, 15) is 22.8 Å². The fourth-order valence-electron chi connectivity index (χ4n) is 7.24. The Balaban J connectivity index is 1.62. The summed E-state index contributed by atoms with van der Waals surface area (Å²) in [6.45, 7) is 13.8. The molecule has 0 saturated heterocycles. The number of hydrogen-bond donors (Lipinski definition) is 0. The second-order valence-corrected chi connectivity index (χ2v) is 20.5. The van der Waals surface area contributed by atoms with Gasteiger partial charge in [-0.1, -0.05) is 44.2 Å². The Labute approximate surface area is 309 Å². The van der Waals surface area contributed by atoms with Gasteiger partial charge in [0.25, 0.3) is 10.1 Å². The minimum absolute atomic E-state index is 0.0451. The predicted octanol–water partition coefficient (Wildman–Crippen LogP) is 8.07. The molecule has 10 nitrogen and oxygen atoms in total. The van der Waals surface area contributed by atoms with Gasteiger partial charge < -0.3 is 18.9 Å². The second-order valence-electron chi connectivity index (χ2n) is 16.0. The van der Waals surface area contributed by atoms with Crippen LogP contribution in [0.15, 0.2) is 93.5 Å². The molecule has 2 bridgehead atoms. The van der Waals surface area contributed by atoms with Crippen LogP contribution in [0.5, 0.6) is 11.5 Å². The Hall–Kier alpha value is -3.87. The maximum Gasteiger partial charge on any atom is 0.344 e. The first kappa shape index (κ1) is 39.3. The minimum atomic E-state index is -4.45. The summed E-state index contributed by atoms with van der Waals surface area (Å²) in [5.74, 6) is -0.946. The van der Waals surface area contributed by atoms with Crippen molar-refractivity contribution >= 4 is 38.1 Å². The topological polar surface area (TPSA) is 132 Å². The van der Waals surface area contributed by atoms with Gasteiger partial charge in [-0.2, -0.15) is 8.42 Å². The van der Waals surface area contributed by atoms with Crippen molar-refractivity contribution in [2.75, 3.05) is 19.0 Å². The van der Waals surface area contributed by atoms with E-state index in [1.165, 1.54) is 0 Å². The van der Waals surface area contributed by atoms with Gasteiger partial charge in [0.05, 0.1) is 11.2 Å². The van der Waals surface area contributed by atoms with Gasteiger partial charge in [-0.15, -0.1) is 0 Å². The third-order valence-electron chi connectivity index (χ3n) is 9.67. The Bertz CT molecular complexity index is 1830. The summed E-state index contributed by atoms with van der Waals surface area (Å²) in [7, 11) is -7.63. The average molecular weight is 755 g/mol. The number of hydrogen-bond acceptors (Lipinski definition) is 10. The third kappa shape index (κ3) is 8.50. The van der Waals surface area contributed by atoms with Gasteiger partial charge in [0.2, 0.25) is 0 Å².